The molecule has 1 saturated heterocycles. The summed E-state index contributed by atoms with van der Waals surface area (Å²) in [6.45, 7) is 4.76. The lowest BCUT2D eigenvalue weighted by Crippen LogP contribution is -2.33. The Kier molecular flexibility index (Phi) is 3.32. The molecule has 0 bridgehead atoms. The number of hydrogen-bond acceptors (Lipinski definition) is 2. The molecule has 2 nitrogen and oxygen atoms in total. The van der Waals surface area contributed by atoms with Crippen molar-refractivity contribution in [3.8, 4) is 5.75 Å². The number of benzene rings is 1. The Morgan fingerprint density at radius 2 is 2.24 bits per heavy atom. The molecule has 1 unspecified atom stereocenters. The lowest BCUT2D eigenvalue weighted by atomic mass is 9.88. The number of methoxy groups -OCH3 is 1. The Morgan fingerprint density at radius 1 is 1.53 bits per heavy atom. The van der Waals surface area contributed by atoms with Crippen LogP contribution < -0.4 is 10.1 Å². The summed E-state index contributed by atoms with van der Waals surface area (Å²) in [4.78, 5) is 0. The Balaban J connectivity index is 2.60. The van der Waals surface area contributed by atoms with Crippen molar-refractivity contribution < 1.29 is 9.13 Å². The SMILES string of the molecule is COc1c(C2(C)CCCN2)cc(Cl)c(F)c1C. The van der Waals surface area contributed by atoms with Crippen LogP contribution in [0.15, 0.2) is 6.07 Å². The van der Waals surface area contributed by atoms with Gasteiger partial charge < -0.3 is 10.1 Å². The number of hydrogen-bond donors (Lipinski definition) is 1. The van der Waals surface area contributed by atoms with Crippen molar-refractivity contribution in [1.29, 1.82) is 0 Å². The van der Waals surface area contributed by atoms with E-state index in [9.17, 15) is 4.39 Å². The van der Waals surface area contributed by atoms with E-state index < -0.39 is 5.82 Å². The molecule has 1 heterocycles. The molecule has 94 valence electrons. The summed E-state index contributed by atoms with van der Waals surface area (Å²) in [5.74, 6) is 0.206. The van der Waals surface area contributed by atoms with Gasteiger partial charge in [-0.25, -0.2) is 4.39 Å². The van der Waals surface area contributed by atoms with Crippen molar-refractivity contribution in [3.63, 3.8) is 0 Å². The Bertz CT molecular complexity index is 442. The molecule has 1 aliphatic rings. The van der Waals surface area contributed by atoms with Crippen LogP contribution in [0.1, 0.15) is 30.9 Å². The second-order valence-electron chi connectivity index (χ2n) is 4.74. The van der Waals surface area contributed by atoms with Gasteiger partial charge in [0.15, 0.2) is 0 Å². The van der Waals surface area contributed by atoms with Crippen molar-refractivity contribution in [1.82, 2.24) is 5.32 Å². The van der Waals surface area contributed by atoms with Crippen LogP contribution in [0.2, 0.25) is 5.02 Å². The number of nitrogens with one attached hydrogen (secondary N) is 1. The fraction of sp³-hybridized carbons (Fsp3) is 0.538. The lowest BCUT2D eigenvalue weighted by molar-refractivity contribution is 0.365. The van der Waals surface area contributed by atoms with Gasteiger partial charge in [-0.15, -0.1) is 0 Å². The molecule has 0 aliphatic carbocycles. The summed E-state index contributed by atoms with van der Waals surface area (Å²) in [5, 5.41) is 3.60. The predicted molar refractivity (Wildman–Crippen MR) is 67.3 cm³/mol. The topological polar surface area (TPSA) is 21.3 Å². The van der Waals surface area contributed by atoms with E-state index in [1.54, 1.807) is 20.1 Å². The smallest absolute Gasteiger partial charge is 0.148 e. The van der Waals surface area contributed by atoms with E-state index in [1.165, 1.54) is 0 Å². The molecule has 0 amide bonds. The molecular weight excluding hydrogens is 241 g/mol. The summed E-state index contributed by atoms with van der Waals surface area (Å²) in [5.41, 5.74) is 1.25. The third-order valence-corrected chi connectivity index (χ3v) is 3.84. The first-order valence-electron chi connectivity index (χ1n) is 5.77. The van der Waals surface area contributed by atoms with Crippen LogP contribution in [-0.2, 0) is 5.54 Å². The van der Waals surface area contributed by atoms with Gasteiger partial charge in [0.05, 0.1) is 12.1 Å². The van der Waals surface area contributed by atoms with E-state index in [1.807, 2.05) is 0 Å². The minimum atomic E-state index is -0.395. The third-order valence-electron chi connectivity index (χ3n) is 3.56. The Hall–Kier alpha value is -0.800. The quantitative estimate of drug-likeness (QED) is 0.877. The van der Waals surface area contributed by atoms with E-state index in [0.717, 1.165) is 24.9 Å². The van der Waals surface area contributed by atoms with E-state index in [0.29, 0.717) is 11.3 Å². The average molecular weight is 258 g/mol. The van der Waals surface area contributed by atoms with Gasteiger partial charge in [-0.2, -0.15) is 0 Å². The molecule has 0 radical (unpaired) electrons. The van der Waals surface area contributed by atoms with Gasteiger partial charge in [0, 0.05) is 16.7 Å². The van der Waals surface area contributed by atoms with E-state index in [2.05, 4.69) is 12.2 Å². The second kappa shape index (κ2) is 4.46. The molecule has 1 aromatic rings. The maximum absolute atomic E-state index is 13.7. The molecule has 1 aliphatic heterocycles. The summed E-state index contributed by atoms with van der Waals surface area (Å²) in [6.07, 6.45) is 2.11. The Labute approximate surface area is 106 Å². The average Bonchev–Trinajstić information content (AvgIpc) is 2.74. The molecule has 1 aromatic carbocycles. The van der Waals surface area contributed by atoms with Gasteiger partial charge in [0.2, 0.25) is 0 Å². The molecule has 2 rings (SSSR count). The normalized spacial score (nSPS) is 24.1. The van der Waals surface area contributed by atoms with Crippen LogP contribution in [0, 0.1) is 12.7 Å². The lowest BCUT2D eigenvalue weighted by Gasteiger charge is -2.28. The summed E-state index contributed by atoms with van der Waals surface area (Å²) in [7, 11) is 1.57. The molecule has 0 saturated carbocycles. The summed E-state index contributed by atoms with van der Waals surface area (Å²) >= 11 is 5.93. The zero-order chi connectivity index (χ0) is 12.6. The first-order valence-corrected chi connectivity index (χ1v) is 6.15. The fourth-order valence-corrected chi connectivity index (χ4v) is 2.78. The molecular formula is C13H17ClFNO. The molecule has 0 spiro atoms. The molecule has 4 heteroatoms. The van der Waals surface area contributed by atoms with E-state index >= 15 is 0 Å². The van der Waals surface area contributed by atoms with Crippen LogP contribution in [0.5, 0.6) is 5.75 Å². The monoisotopic (exact) mass is 257 g/mol. The third kappa shape index (κ3) is 2.02. The van der Waals surface area contributed by atoms with Crippen LogP contribution in [-0.4, -0.2) is 13.7 Å². The van der Waals surface area contributed by atoms with Gasteiger partial charge in [-0.3, -0.25) is 0 Å². The van der Waals surface area contributed by atoms with Crippen LogP contribution >= 0.6 is 11.6 Å². The summed E-state index contributed by atoms with van der Waals surface area (Å²) in [6, 6.07) is 1.68. The van der Waals surface area contributed by atoms with Crippen molar-refractivity contribution >= 4 is 11.6 Å². The highest BCUT2D eigenvalue weighted by atomic mass is 35.5. The summed E-state index contributed by atoms with van der Waals surface area (Å²) < 4.78 is 19.1. The van der Waals surface area contributed by atoms with E-state index in [-0.39, 0.29) is 10.6 Å². The maximum Gasteiger partial charge on any atom is 0.148 e. The number of halogens is 2. The second-order valence-corrected chi connectivity index (χ2v) is 5.15. The highest BCUT2D eigenvalue weighted by Crippen LogP contribution is 2.41. The molecule has 0 aromatic heterocycles. The van der Waals surface area contributed by atoms with Crippen molar-refractivity contribution in [2.45, 2.75) is 32.2 Å². The van der Waals surface area contributed by atoms with Crippen molar-refractivity contribution in [3.05, 3.63) is 28.0 Å². The molecule has 1 fully saturated rings. The van der Waals surface area contributed by atoms with Crippen LogP contribution in [0.25, 0.3) is 0 Å². The van der Waals surface area contributed by atoms with E-state index in [4.69, 9.17) is 16.3 Å². The fourth-order valence-electron chi connectivity index (χ4n) is 2.53. The van der Waals surface area contributed by atoms with Crippen molar-refractivity contribution in [2.24, 2.45) is 0 Å². The van der Waals surface area contributed by atoms with Crippen LogP contribution in [0.4, 0.5) is 4.39 Å². The van der Waals surface area contributed by atoms with Gasteiger partial charge in [0.25, 0.3) is 0 Å². The van der Waals surface area contributed by atoms with Crippen LogP contribution in [0.3, 0.4) is 0 Å². The highest BCUT2D eigenvalue weighted by Gasteiger charge is 2.34. The zero-order valence-electron chi connectivity index (χ0n) is 10.4. The highest BCUT2D eigenvalue weighted by molar-refractivity contribution is 6.31. The minimum absolute atomic E-state index is 0.160. The molecule has 17 heavy (non-hydrogen) atoms. The van der Waals surface area contributed by atoms with Gasteiger partial charge >= 0.3 is 0 Å². The molecule has 1 atom stereocenters. The zero-order valence-corrected chi connectivity index (χ0v) is 11.1. The van der Waals surface area contributed by atoms with Gasteiger partial charge in [-0.1, -0.05) is 11.6 Å². The first-order chi connectivity index (χ1) is 7.99. The first kappa shape index (κ1) is 12.7. The Morgan fingerprint density at radius 3 is 2.76 bits per heavy atom. The van der Waals surface area contributed by atoms with Gasteiger partial charge in [0.1, 0.15) is 11.6 Å². The maximum atomic E-state index is 13.7. The number of rotatable bonds is 2. The van der Waals surface area contributed by atoms with Gasteiger partial charge in [-0.05, 0) is 39.3 Å². The molecule has 1 N–H and O–H groups in total. The minimum Gasteiger partial charge on any atom is -0.496 e. The largest absolute Gasteiger partial charge is 0.496 e. The standard InChI is InChI=1S/C13H17ClFNO/c1-8-11(15)10(14)7-9(12(8)17-3)13(2)5-4-6-16-13/h7,16H,4-6H2,1-3H3. The predicted octanol–water partition coefficient (Wildman–Crippen LogP) is 3.39. The van der Waals surface area contributed by atoms with Crippen molar-refractivity contribution in [2.75, 3.05) is 13.7 Å². The number of ether oxygens (including phenoxy) is 1.